The van der Waals surface area contributed by atoms with Gasteiger partial charge in [0.15, 0.2) is 6.04 Å². The molecule has 0 saturated carbocycles. The predicted molar refractivity (Wildman–Crippen MR) is 166 cm³/mol. The molecule has 324 valence electrons. The topological polar surface area (TPSA) is 62.2 Å². The van der Waals surface area contributed by atoms with Crippen LogP contribution in [0.5, 0.6) is 0 Å². The number of nitrogens with zero attached hydrogens (tertiary/aromatic N) is 2. The van der Waals surface area contributed by atoms with E-state index in [9.17, 15) is 84.5 Å². The van der Waals surface area contributed by atoms with Crippen LogP contribution in [-0.4, -0.2) is 96.6 Å². The SMILES string of the molecule is CC(C)CCN(OCc1ccc(CCC(F)(F)C(F)(F)C(F)(F)C(F)(F)C(F)(F)C(F)(F)C(F)(F)C(F)(F)F)cc1)C(C(=O)O)c1ccc(N2CCOCC2)cc1. The summed E-state index contributed by atoms with van der Waals surface area (Å²) < 4.78 is 236. The highest BCUT2D eigenvalue weighted by Gasteiger charge is 2.95. The number of halogens is 17. The number of ether oxygens (including phenoxy) is 1. The fourth-order valence-electron chi connectivity index (χ4n) is 5.39. The van der Waals surface area contributed by atoms with E-state index in [2.05, 4.69) is 0 Å². The van der Waals surface area contributed by atoms with E-state index in [1.165, 1.54) is 5.06 Å². The average Bonchev–Trinajstić information content (AvgIpc) is 3.11. The van der Waals surface area contributed by atoms with Gasteiger partial charge in [-0.3, -0.25) is 9.63 Å². The number of carboxylic acid groups (broad SMARTS) is 1. The lowest BCUT2D eigenvalue weighted by atomic mass is 9.87. The molecule has 2 aromatic carbocycles. The molecular formula is C34H35F17N2O4. The van der Waals surface area contributed by atoms with E-state index in [-0.39, 0.29) is 18.0 Å². The molecule has 23 heteroatoms. The minimum Gasteiger partial charge on any atom is -0.480 e. The van der Waals surface area contributed by atoms with Crippen molar-refractivity contribution in [1.29, 1.82) is 0 Å². The van der Waals surface area contributed by atoms with Crippen LogP contribution in [0.1, 0.15) is 49.4 Å². The second-order valence-electron chi connectivity index (χ2n) is 13.5. The quantitative estimate of drug-likeness (QED) is 0.112. The third-order valence-electron chi connectivity index (χ3n) is 8.97. The van der Waals surface area contributed by atoms with Crippen LogP contribution in [-0.2, 0) is 27.4 Å². The maximum atomic E-state index is 14.4. The van der Waals surface area contributed by atoms with Gasteiger partial charge in [-0.15, -0.1) is 0 Å². The fraction of sp³-hybridized carbons (Fsp3) is 0.618. The Hall–Kier alpha value is -3.60. The van der Waals surface area contributed by atoms with Crippen LogP contribution in [0, 0.1) is 5.92 Å². The standard InChI is InChI=1S/C34H35F17N2O4/c1-20(2)12-14-53(25(26(54)55)23-7-9-24(10-8-23)52-15-17-56-18-16-52)57-19-22-5-3-21(4-6-22)11-13-27(35,36)28(37,38)29(39,40)30(41,42)31(43,44)32(45,46)33(47,48)34(49,50)51/h3-10,20,25H,11-19H2,1-2H3,(H,54,55). The molecule has 1 saturated heterocycles. The molecule has 1 heterocycles. The Kier molecular flexibility index (Phi) is 14.2. The molecule has 1 fully saturated rings. The zero-order valence-corrected chi connectivity index (χ0v) is 29.6. The second kappa shape index (κ2) is 16.9. The molecule has 0 spiro atoms. The van der Waals surface area contributed by atoms with Gasteiger partial charge in [0.1, 0.15) is 0 Å². The van der Waals surface area contributed by atoms with E-state index < -0.39 is 84.7 Å². The molecular weight excluding hydrogens is 823 g/mol. The lowest BCUT2D eigenvalue weighted by Crippen LogP contribution is -2.74. The number of rotatable bonds is 19. The average molecular weight is 859 g/mol. The molecule has 0 radical (unpaired) electrons. The van der Waals surface area contributed by atoms with Crippen molar-refractivity contribution >= 4 is 11.7 Å². The summed E-state index contributed by atoms with van der Waals surface area (Å²) >= 11 is 0. The maximum Gasteiger partial charge on any atom is 0.460 e. The van der Waals surface area contributed by atoms with Gasteiger partial charge in [-0.2, -0.15) is 79.7 Å². The van der Waals surface area contributed by atoms with Crippen molar-refractivity contribution in [1.82, 2.24) is 5.06 Å². The van der Waals surface area contributed by atoms with Crippen LogP contribution in [0.4, 0.5) is 80.3 Å². The zero-order valence-electron chi connectivity index (χ0n) is 29.6. The number of carbonyl (C=O) groups is 1. The highest BCUT2D eigenvalue weighted by Crippen LogP contribution is 2.64. The Balaban J connectivity index is 1.76. The van der Waals surface area contributed by atoms with Gasteiger partial charge in [0.25, 0.3) is 0 Å². The fourth-order valence-corrected chi connectivity index (χ4v) is 5.39. The summed E-state index contributed by atoms with van der Waals surface area (Å²) in [4.78, 5) is 20.3. The Morgan fingerprint density at radius 1 is 0.702 bits per heavy atom. The monoisotopic (exact) mass is 858 g/mol. The Bertz CT molecular complexity index is 1630. The number of hydrogen-bond acceptors (Lipinski definition) is 5. The van der Waals surface area contributed by atoms with Gasteiger partial charge >= 0.3 is 53.6 Å². The van der Waals surface area contributed by atoms with Crippen molar-refractivity contribution in [2.75, 3.05) is 37.7 Å². The smallest absolute Gasteiger partial charge is 0.460 e. The summed E-state index contributed by atoms with van der Waals surface area (Å²) in [7, 11) is 0. The number of morpholine rings is 1. The molecule has 0 aliphatic carbocycles. The molecule has 1 aliphatic heterocycles. The molecule has 0 amide bonds. The molecule has 2 aromatic rings. The van der Waals surface area contributed by atoms with Gasteiger partial charge in [0.2, 0.25) is 0 Å². The van der Waals surface area contributed by atoms with Crippen molar-refractivity contribution in [2.24, 2.45) is 5.92 Å². The minimum atomic E-state index is -8.68. The third kappa shape index (κ3) is 9.34. The highest BCUT2D eigenvalue weighted by atomic mass is 19.4. The number of carboxylic acids is 1. The molecule has 3 rings (SSSR count). The summed E-state index contributed by atoms with van der Waals surface area (Å²) in [5, 5.41) is 11.3. The third-order valence-corrected chi connectivity index (χ3v) is 8.97. The molecule has 0 aromatic heterocycles. The minimum absolute atomic E-state index is 0.0711. The van der Waals surface area contributed by atoms with Crippen LogP contribution in [0.2, 0.25) is 0 Å². The van der Waals surface area contributed by atoms with Crippen molar-refractivity contribution < 1.29 is 94.1 Å². The van der Waals surface area contributed by atoms with Crippen LogP contribution in [0.25, 0.3) is 0 Å². The number of alkyl halides is 17. The summed E-state index contributed by atoms with van der Waals surface area (Å²) in [5.74, 6) is -57.9. The van der Waals surface area contributed by atoms with Gasteiger partial charge in [-0.1, -0.05) is 50.2 Å². The van der Waals surface area contributed by atoms with Gasteiger partial charge in [-0.25, -0.2) is 0 Å². The van der Waals surface area contributed by atoms with Gasteiger partial charge < -0.3 is 14.7 Å². The van der Waals surface area contributed by atoms with Gasteiger partial charge in [0, 0.05) is 31.7 Å². The first kappa shape index (κ1) is 47.8. The van der Waals surface area contributed by atoms with Gasteiger partial charge in [0.05, 0.1) is 19.8 Å². The first-order valence-electron chi connectivity index (χ1n) is 16.7. The van der Waals surface area contributed by atoms with E-state index >= 15 is 0 Å². The maximum absolute atomic E-state index is 14.4. The zero-order chi connectivity index (χ0) is 43.6. The summed E-state index contributed by atoms with van der Waals surface area (Å²) in [5.41, 5.74) is 0.900. The Morgan fingerprint density at radius 3 is 1.61 bits per heavy atom. The molecule has 1 aliphatic rings. The van der Waals surface area contributed by atoms with Crippen molar-refractivity contribution in [3.05, 3.63) is 65.2 Å². The molecule has 1 atom stereocenters. The van der Waals surface area contributed by atoms with E-state index in [1.54, 1.807) is 24.3 Å². The normalized spacial score (nSPS) is 16.4. The molecule has 0 bridgehead atoms. The number of hydroxylamine groups is 2. The van der Waals surface area contributed by atoms with Crippen LogP contribution in [0.15, 0.2) is 48.5 Å². The van der Waals surface area contributed by atoms with E-state index in [1.807, 2.05) is 18.7 Å². The molecule has 1 unspecified atom stereocenters. The first-order chi connectivity index (χ1) is 25.9. The van der Waals surface area contributed by atoms with Crippen LogP contribution in [0.3, 0.4) is 0 Å². The van der Waals surface area contributed by atoms with Crippen molar-refractivity contribution in [3.8, 4) is 0 Å². The molecule has 1 N–H and O–H groups in total. The number of hydrogen-bond donors (Lipinski definition) is 1. The molecule has 6 nitrogen and oxygen atoms in total. The second-order valence-corrected chi connectivity index (χ2v) is 13.5. The van der Waals surface area contributed by atoms with Gasteiger partial charge in [-0.05, 0) is 47.6 Å². The number of aryl methyl sites for hydroxylation is 1. The van der Waals surface area contributed by atoms with E-state index in [0.717, 1.165) is 30.0 Å². The first-order valence-corrected chi connectivity index (χ1v) is 16.7. The summed E-state index contributed by atoms with van der Waals surface area (Å²) in [6.07, 6.45) is -11.4. The summed E-state index contributed by atoms with van der Waals surface area (Å²) in [6.45, 7) is 5.62. The number of benzene rings is 2. The number of aliphatic carboxylic acids is 1. The van der Waals surface area contributed by atoms with E-state index in [0.29, 0.717) is 38.3 Å². The van der Waals surface area contributed by atoms with Crippen molar-refractivity contribution in [2.45, 2.75) is 93.4 Å². The van der Waals surface area contributed by atoms with Crippen LogP contribution < -0.4 is 4.90 Å². The lowest BCUT2D eigenvalue weighted by Gasteiger charge is -2.42. The Labute approximate surface area is 313 Å². The predicted octanol–water partition coefficient (Wildman–Crippen LogP) is 10.1. The number of anilines is 1. The van der Waals surface area contributed by atoms with Crippen molar-refractivity contribution in [3.63, 3.8) is 0 Å². The van der Waals surface area contributed by atoms with E-state index in [4.69, 9.17) is 9.57 Å². The lowest BCUT2D eigenvalue weighted by molar-refractivity contribution is -0.461. The van der Waals surface area contributed by atoms with Crippen LogP contribution >= 0.6 is 0 Å². The Morgan fingerprint density at radius 2 is 1.16 bits per heavy atom. The summed E-state index contributed by atoms with van der Waals surface area (Å²) in [6, 6.07) is 9.29. The molecule has 57 heavy (non-hydrogen) atoms. The largest absolute Gasteiger partial charge is 0.480 e. The highest BCUT2D eigenvalue weighted by molar-refractivity contribution is 5.75.